The van der Waals surface area contributed by atoms with E-state index < -0.39 is 33.1 Å². The van der Waals surface area contributed by atoms with Gasteiger partial charge in [-0.3, -0.25) is 0 Å². The summed E-state index contributed by atoms with van der Waals surface area (Å²) in [6.45, 7) is 0. The number of aromatic hydroxyl groups is 2. The zero-order valence-electron chi connectivity index (χ0n) is 17.7. The molecule has 0 aliphatic heterocycles. The van der Waals surface area contributed by atoms with E-state index in [2.05, 4.69) is 0 Å². The fourth-order valence-corrected chi connectivity index (χ4v) is 6.04. The third-order valence-corrected chi connectivity index (χ3v) is 9.05. The van der Waals surface area contributed by atoms with E-state index in [4.69, 9.17) is 9.47 Å². The molecule has 0 saturated carbocycles. The molecule has 0 aromatic heterocycles. The standard InChI is InChI=1S/C26H15I3O6/c27-21-13-15(1-11-23(21)30)25(32)34-19-7-3-17(4-8-19)29-18-5-9-20(10-6-18)35-26(33)16-2-12-24(31)22(28)14-16/h1-14H,(H-,30,31,32,33)/p+1. The number of carbonyl (C=O) groups is 2. The first-order valence-corrected chi connectivity index (χ1v) is 14.4. The smallest absolute Gasteiger partial charge is 0.357 e. The van der Waals surface area contributed by atoms with Crippen LogP contribution >= 0.6 is 45.2 Å². The lowest BCUT2D eigenvalue weighted by Gasteiger charge is -2.05. The summed E-state index contributed by atoms with van der Waals surface area (Å²) in [7, 11) is 0. The molecule has 35 heavy (non-hydrogen) atoms. The Kier molecular flexibility index (Phi) is 8.49. The first kappa shape index (κ1) is 25.7. The molecule has 0 atom stereocenters. The van der Waals surface area contributed by atoms with Crippen molar-refractivity contribution in [2.45, 2.75) is 0 Å². The Hall–Kier alpha value is -2.39. The van der Waals surface area contributed by atoms with E-state index in [0.717, 1.165) is 7.14 Å². The number of rotatable bonds is 6. The molecular formula is C26H16I3O6+. The van der Waals surface area contributed by atoms with Crippen LogP contribution in [-0.4, -0.2) is 22.2 Å². The largest absolute Gasteiger partial charge is 0.507 e. The number of ether oxygens (including phenoxy) is 2. The van der Waals surface area contributed by atoms with Crippen LogP contribution in [0.3, 0.4) is 0 Å². The maximum Gasteiger partial charge on any atom is 0.357 e. The van der Waals surface area contributed by atoms with Gasteiger partial charge in [-0.15, -0.1) is 0 Å². The molecular weight excluding hydrogens is 789 g/mol. The van der Waals surface area contributed by atoms with Gasteiger partial charge < -0.3 is 19.7 Å². The second-order valence-electron chi connectivity index (χ2n) is 7.11. The van der Waals surface area contributed by atoms with Crippen molar-refractivity contribution in [1.29, 1.82) is 0 Å². The molecule has 2 N–H and O–H groups in total. The maximum atomic E-state index is 12.3. The van der Waals surface area contributed by atoms with Crippen LogP contribution in [0.25, 0.3) is 0 Å². The van der Waals surface area contributed by atoms with Crippen molar-refractivity contribution in [3.05, 3.63) is 110 Å². The number of phenols is 2. The van der Waals surface area contributed by atoms with E-state index in [9.17, 15) is 19.8 Å². The number of phenolic OH excluding ortho intramolecular Hbond substituents is 2. The molecule has 0 radical (unpaired) electrons. The quantitative estimate of drug-likeness (QED) is 0.177. The molecule has 176 valence electrons. The number of halogens is 3. The lowest BCUT2D eigenvalue weighted by atomic mass is 10.2. The van der Waals surface area contributed by atoms with Gasteiger partial charge in [0.2, 0.25) is 0 Å². The highest BCUT2D eigenvalue weighted by molar-refractivity contribution is 14.1. The second kappa shape index (κ2) is 11.6. The van der Waals surface area contributed by atoms with E-state index in [1.54, 1.807) is 36.4 Å². The van der Waals surface area contributed by atoms with Gasteiger partial charge in [-0.05, 0) is 130 Å². The maximum absolute atomic E-state index is 12.3. The van der Waals surface area contributed by atoms with Gasteiger partial charge >= 0.3 is 33.1 Å². The Morgan fingerprint density at radius 1 is 0.600 bits per heavy atom. The van der Waals surface area contributed by atoms with Crippen molar-refractivity contribution in [3.8, 4) is 23.0 Å². The summed E-state index contributed by atoms with van der Waals surface area (Å²) in [6.07, 6.45) is 0. The Bertz CT molecular complexity index is 1280. The van der Waals surface area contributed by atoms with Crippen molar-refractivity contribution in [2.75, 3.05) is 0 Å². The third kappa shape index (κ3) is 6.85. The summed E-state index contributed by atoms with van der Waals surface area (Å²) in [5.74, 6) is 0.145. The van der Waals surface area contributed by atoms with Crippen LogP contribution in [0.15, 0.2) is 84.9 Å². The highest BCUT2D eigenvalue weighted by Crippen LogP contribution is 2.22. The summed E-state index contributed by atoms with van der Waals surface area (Å²) in [5, 5.41) is 19.2. The molecule has 0 aliphatic rings. The molecule has 4 aromatic carbocycles. The topological polar surface area (TPSA) is 93.1 Å². The Morgan fingerprint density at radius 3 is 1.31 bits per heavy atom. The molecule has 0 spiro atoms. The molecule has 0 bridgehead atoms. The van der Waals surface area contributed by atoms with E-state index in [1.165, 1.54) is 24.3 Å². The average molecular weight is 805 g/mol. The summed E-state index contributed by atoms with van der Waals surface area (Å²) in [5.41, 5.74) is 0.731. The van der Waals surface area contributed by atoms with Crippen LogP contribution in [0.4, 0.5) is 0 Å². The second-order valence-corrected chi connectivity index (χ2v) is 12.5. The predicted octanol–water partition coefficient (Wildman–Crippen LogP) is 2.87. The van der Waals surface area contributed by atoms with Crippen LogP contribution in [0.1, 0.15) is 20.7 Å². The fraction of sp³-hybridized carbons (Fsp3) is 0. The zero-order chi connectivity index (χ0) is 24.9. The Labute approximate surface area is 238 Å². The van der Waals surface area contributed by atoms with Crippen molar-refractivity contribution in [1.82, 2.24) is 0 Å². The fourth-order valence-electron chi connectivity index (χ4n) is 2.86. The molecule has 0 unspecified atom stereocenters. The Balaban J connectivity index is 1.34. The summed E-state index contributed by atoms with van der Waals surface area (Å²) >= 11 is 3.43. The highest BCUT2D eigenvalue weighted by Gasteiger charge is 2.18. The SMILES string of the molecule is O=C(Oc1ccc([I+]c2ccc(OC(=O)c3ccc(O)c(I)c3)cc2)cc1)c1ccc(O)c(I)c1. The Morgan fingerprint density at radius 2 is 0.971 bits per heavy atom. The van der Waals surface area contributed by atoms with Gasteiger partial charge in [-0.2, -0.15) is 0 Å². The lowest BCUT2D eigenvalue weighted by molar-refractivity contribution is -0.597. The minimum atomic E-state index is -0.488. The average Bonchev–Trinajstić information content (AvgIpc) is 2.85. The highest BCUT2D eigenvalue weighted by atomic mass is 127. The van der Waals surface area contributed by atoms with Crippen molar-refractivity contribution in [2.24, 2.45) is 0 Å². The van der Waals surface area contributed by atoms with Gasteiger partial charge in [0, 0.05) is 0 Å². The number of hydrogen-bond donors (Lipinski definition) is 2. The molecule has 0 fully saturated rings. The van der Waals surface area contributed by atoms with Gasteiger partial charge in [-0.1, -0.05) is 0 Å². The first-order chi connectivity index (χ1) is 16.8. The molecule has 9 heteroatoms. The van der Waals surface area contributed by atoms with Crippen LogP contribution in [0.5, 0.6) is 23.0 Å². The van der Waals surface area contributed by atoms with Crippen molar-refractivity contribution in [3.63, 3.8) is 0 Å². The molecule has 6 nitrogen and oxygen atoms in total. The summed E-state index contributed by atoms with van der Waals surface area (Å²) in [4.78, 5) is 24.7. The molecule has 0 aliphatic carbocycles. The molecule has 0 heterocycles. The number of esters is 2. The normalized spacial score (nSPS) is 10.6. The van der Waals surface area contributed by atoms with E-state index in [0.29, 0.717) is 29.8 Å². The van der Waals surface area contributed by atoms with Crippen LogP contribution in [0, 0.1) is 14.3 Å². The van der Waals surface area contributed by atoms with Crippen LogP contribution < -0.4 is 30.7 Å². The van der Waals surface area contributed by atoms with E-state index in [1.807, 2.05) is 69.4 Å². The lowest BCUT2D eigenvalue weighted by Crippen LogP contribution is -3.61. The van der Waals surface area contributed by atoms with Gasteiger partial charge in [0.05, 0.1) is 18.3 Å². The van der Waals surface area contributed by atoms with Gasteiger partial charge in [0.25, 0.3) is 0 Å². The van der Waals surface area contributed by atoms with Crippen LogP contribution in [0.2, 0.25) is 0 Å². The minimum absolute atomic E-state index is 0.119. The zero-order valence-corrected chi connectivity index (χ0v) is 24.2. The molecule has 4 rings (SSSR count). The predicted molar refractivity (Wildman–Crippen MR) is 142 cm³/mol. The van der Waals surface area contributed by atoms with Crippen molar-refractivity contribution < 1.29 is 50.5 Å². The monoisotopic (exact) mass is 805 g/mol. The molecule has 0 saturated heterocycles. The number of hydrogen-bond acceptors (Lipinski definition) is 6. The summed E-state index contributed by atoms with van der Waals surface area (Å²) < 4.78 is 14.3. The number of carbonyl (C=O) groups excluding carboxylic acids is 2. The van der Waals surface area contributed by atoms with Crippen LogP contribution in [-0.2, 0) is 0 Å². The van der Waals surface area contributed by atoms with Crippen molar-refractivity contribution >= 4 is 57.1 Å². The van der Waals surface area contributed by atoms with E-state index in [-0.39, 0.29) is 11.5 Å². The van der Waals surface area contributed by atoms with Gasteiger partial charge in [0.1, 0.15) is 23.0 Å². The number of benzene rings is 4. The molecule has 4 aromatic rings. The third-order valence-electron chi connectivity index (χ3n) is 4.63. The molecule has 0 amide bonds. The van der Waals surface area contributed by atoms with Gasteiger partial charge in [0.15, 0.2) is 7.14 Å². The van der Waals surface area contributed by atoms with E-state index >= 15 is 0 Å². The first-order valence-electron chi connectivity index (χ1n) is 10.0. The van der Waals surface area contributed by atoms with Gasteiger partial charge in [-0.25, -0.2) is 9.59 Å². The minimum Gasteiger partial charge on any atom is -0.507 e. The summed E-state index contributed by atoms with van der Waals surface area (Å²) in [6, 6.07) is 23.9.